The molecule has 1 aromatic carbocycles. The van der Waals surface area contributed by atoms with Crippen LogP contribution in [0.2, 0.25) is 0 Å². The van der Waals surface area contributed by atoms with Crippen LogP contribution in [-0.2, 0) is 16.1 Å². The summed E-state index contributed by atoms with van der Waals surface area (Å²) in [6, 6.07) is 7.73. The number of Topliss-reactive ketones (excluding diaryl/α,β-unsaturated/α-hetero) is 1. The van der Waals surface area contributed by atoms with Crippen LogP contribution < -0.4 is 0 Å². The van der Waals surface area contributed by atoms with E-state index in [-0.39, 0.29) is 30.9 Å². The molecule has 0 aliphatic rings. The number of nitro benzene ring substituents is 1. The number of carbonyl (C=O) groups excluding carboxylic acids is 2. The first-order valence-electron chi connectivity index (χ1n) is 7.36. The Hall–Kier alpha value is -2.54. The number of ketones is 1. The largest absolute Gasteiger partial charge is 0.461 e. The lowest BCUT2D eigenvalue weighted by Gasteiger charge is -2.05. The van der Waals surface area contributed by atoms with Crippen LogP contribution in [0.3, 0.4) is 0 Å². The Kier molecular flexibility index (Phi) is 5.81. The van der Waals surface area contributed by atoms with Crippen molar-refractivity contribution in [1.82, 2.24) is 0 Å². The van der Waals surface area contributed by atoms with Gasteiger partial charge in [-0.25, -0.2) is 0 Å². The van der Waals surface area contributed by atoms with Crippen LogP contribution in [0.5, 0.6) is 0 Å². The van der Waals surface area contributed by atoms with Gasteiger partial charge in [0.15, 0.2) is 5.78 Å². The predicted molar refractivity (Wildman–Crippen MR) is 90.2 cm³/mol. The van der Waals surface area contributed by atoms with Gasteiger partial charge in [0.2, 0.25) is 0 Å². The molecule has 24 heavy (non-hydrogen) atoms. The monoisotopic (exact) mass is 347 g/mol. The standard InChI is InChI=1S/C17H17NO5S/c1-11-8-15(12(2)24-11)16(19)6-7-17(20)23-10-13-4-3-5-14(9-13)18(21)22/h3-5,8-9H,6-7,10H2,1-2H3. The van der Waals surface area contributed by atoms with Gasteiger partial charge in [-0.15, -0.1) is 11.3 Å². The van der Waals surface area contributed by atoms with Crippen molar-refractivity contribution in [2.45, 2.75) is 33.3 Å². The van der Waals surface area contributed by atoms with Gasteiger partial charge in [-0.2, -0.15) is 0 Å². The van der Waals surface area contributed by atoms with Gasteiger partial charge in [0.05, 0.1) is 11.3 Å². The average molecular weight is 347 g/mol. The minimum atomic E-state index is -0.505. The van der Waals surface area contributed by atoms with E-state index in [4.69, 9.17) is 4.74 Å². The number of carbonyl (C=O) groups is 2. The summed E-state index contributed by atoms with van der Waals surface area (Å²) in [4.78, 5) is 36.1. The maximum absolute atomic E-state index is 12.1. The van der Waals surface area contributed by atoms with Crippen LogP contribution in [0.1, 0.15) is 38.5 Å². The minimum absolute atomic E-state index is 0.0118. The molecule has 2 rings (SSSR count). The van der Waals surface area contributed by atoms with Crippen molar-refractivity contribution in [3.8, 4) is 0 Å². The second kappa shape index (κ2) is 7.83. The summed E-state index contributed by atoms with van der Waals surface area (Å²) >= 11 is 1.55. The van der Waals surface area contributed by atoms with Gasteiger partial charge in [-0.1, -0.05) is 12.1 Å². The lowest BCUT2D eigenvalue weighted by atomic mass is 10.1. The third-order valence-corrected chi connectivity index (χ3v) is 4.38. The summed E-state index contributed by atoms with van der Waals surface area (Å²) in [6.07, 6.45) is 0.0763. The zero-order valence-electron chi connectivity index (χ0n) is 13.4. The summed E-state index contributed by atoms with van der Waals surface area (Å²) in [6.45, 7) is 3.76. The smallest absolute Gasteiger partial charge is 0.306 e. The third kappa shape index (κ3) is 4.73. The summed E-state index contributed by atoms with van der Waals surface area (Å²) in [5.74, 6) is -0.580. The number of benzene rings is 1. The Morgan fingerprint density at radius 1 is 1.21 bits per heavy atom. The Balaban J connectivity index is 1.83. The number of hydrogen-bond acceptors (Lipinski definition) is 6. The maximum Gasteiger partial charge on any atom is 0.306 e. The minimum Gasteiger partial charge on any atom is -0.461 e. The van der Waals surface area contributed by atoms with Gasteiger partial charge in [0.25, 0.3) is 5.69 Å². The molecule has 0 saturated heterocycles. The van der Waals surface area contributed by atoms with E-state index in [0.29, 0.717) is 11.1 Å². The number of ether oxygens (including phenoxy) is 1. The van der Waals surface area contributed by atoms with Crippen molar-refractivity contribution in [2.24, 2.45) is 0 Å². The molecule has 7 heteroatoms. The van der Waals surface area contributed by atoms with Crippen LogP contribution in [0.15, 0.2) is 30.3 Å². The zero-order chi connectivity index (χ0) is 17.7. The number of rotatable bonds is 7. The topological polar surface area (TPSA) is 86.5 Å². The van der Waals surface area contributed by atoms with E-state index in [1.54, 1.807) is 17.4 Å². The van der Waals surface area contributed by atoms with Gasteiger partial charge in [0, 0.05) is 33.9 Å². The Bertz CT molecular complexity index is 781. The number of non-ortho nitro benzene ring substituents is 1. The van der Waals surface area contributed by atoms with E-state index < -0.39 is 10.9 Å². The summed E-state index contributed by atoms with van der Waals surface area (Å²) < 4.78 is 5.07. The first-order chi connectivity index (χ1) is 11.4. The quantitative estimate of drug-likeness (QED) is 0.327. The van der Waals surface area contributed by atoms with Crippen LogP contribution in [0.4, 0.5) is 5.69 Å². The van der Waals surface area contributed by atoms with Gasteiger partial charge >= 0.3 is 5.97 Å². The van der Waals surface area contributed by atoms with E-state index in [9.17, 15) is 19.7 Å². The lowest BCUT2D eigenvalue weighted by Crippen LogP contribution is -2.08. The van der Waals surface area contributed by atoms with Gasteiger partial charge in [0.1, 0.15) is 6.61 Å². The van der Waals surface area contributed by atoms with Crippen molar-refractivity contribution in [1.29, 1.82) is 0 Å². The molecular weight excluding hydrogens is 330 g/mol. The second-order valence-electron chi connectivity index (χ2n) is 5.34. The Morgan fingerprint density at radius 3 is 2.58 bits per heavy atom. The van der Waals surface area contributed by atoms with E-state index in [0.717, 1.165) is 9.75 Å². The normalized spacial score (nSPS) is 10.4. The van der Waals surface area contributed by atoms with E-state index in [1.165, 1.54) is 18.2 Å². The van der Waals surface area contributed by atoms with Crippen LogP contribution in [0.25, 0.3) is 0 Å². The molecule has 2 aromatic rings. The molecule has 1 heterocycles. The Morgan fingerprint density at radius 2 is 1.96 bits per heavy atom. The fraction of sp³-hybridized carbons (Fsp3) is 0.294. The number of nitrogens with zero attached hydrogens (tertiary/aromatic N) is 1. The molecule has 0 bridgehead atoms. The highest BCUT2D eigenvalue weighted by molar-refractivity contribution is 7.12. The molecule has 0 unspecified atom stereocenters. The molecular formula is C17H17NO5S. The summed E-state index contributed by atoms with van der Waals surface area (Å²) in [5.41, 5.74) is 1.14. The maximum atomic E-state index is 12.1. The van der Waals surface area contributed by atoms with Crippen LogP contribution in [0, 0.1) is 24.0 Å². The highest BCUT2D eigenvalue weighted by atomic mass is 32.1. The number of hydrogen-bond donors (Lipinski definition) is 0. The fourth-order valence-electron chi connectivity index (χ4n) is 2.25. The fourth-order valence-corrected chi connectivity index (χ4v) is 3.20. The second-order valence-corrected chi connectivity index (χ2v) is 6.80. The zero-order valence-corrected chi connectivity index (χ0v) is 14.2. The summed E-state index contributed by atoms with van der Waals surface area (Å²) in [5, 5.41) is 10.7. The van der Waals surface area contributed by atoms with Crippen molar-refractivity contribution < 1.29 is 19.2 Å². The van der Waals surface area contributed by atoms with Gasteiger partial charge in [-0.3, -0.25) is 19.7 Å². The molecule has 0 fully saturated rings. The van der Waals surface area contributed by atoms with Crippen molar-refractivity contribution >= 4 is 28.8 Å². The first kappa shape index (κ1) is 17.8. The Labute approximate surface area is 143 Å². The van der Waals surface area contributed by atoms with Crippen LogP contribution >= 0.6 is 11.3 Å². The van der Waals surface area contributed by atoms with Gasteiger partial charge < -0.3 is 4.74 Å². The highest BCUT2D eigenvalue weighted by Gasteiger charge is 2.14. The number of nitro groups is 1. The van der Waals surface area contributed by atoms with Crippen LogP contribution in [-0.4, -0.2) is 16.7 Å². The van der Waals surface area contributed by atoms with E-state index in [1.807, 2.05) is 19.9 Å². The molecule has 1 aromatic heterocycles. The molecule has 0 spiro atoms. The molecule has 0 radical (unpaired) electrons. The predicted octanol–water partition coefficient (Wildman–Crippen LogP) is 3.98. The molecule has 0 N–H and O–H groups in total. The average Bonchev–Trinajstić information content (AvgIpc) is 2.89. The molecule has 0 aliphatic heterocycles. The molecule has 0 aliphatic carbocycles. The molecule has 0 amide bonds. The molecule has 6 nitrogen and oxygen atoms in total. The van der Waals surface area contributed by atoms with Gasteiger partial charge in [-0.05, 0) is 25.5 Å². The highest BCUT2D eigenvalue weighted by Crippen LogP contribution is 2.22. The lowest BCUT2D eigenvalue weighted by molar-refractivity contribution is -0.384. The number of aryl methyl sites for hydroxylation is 2. The van der Waals surface area contributed by atoms with Crippen molar-refractivity contribution in [3.63, 3.8) is 0 Å². The number of esters is 1. The third-order valence-electron chi connectivity index (χ3n) is 3.42. The molecule has 126 valence electrons. The molecule has 0 atom stereocenters. The van der Waals surface area contributed by atoms with E-state index >= 15 is 0 Å². The SMILES string of the molecule is Cc1cc(C(=O)CCC(=O)OCc2cccc([N+](=O)[O-])c2)c(C)s1. The van der Waals surface area contributed by atoms with Crippen molar-refractivity contribution in [2.75, 3.05) is 0 Å². The first-order valence-corrected chi connectivity index (χ1v) is 8.17. The number of thiophene rings is 1. The van der Waals surface area contributed by atoms with Crippen molar-refractivity contribution in [3.05, 3.63) is 61.3 Å². The molecule has 0 saturated carbocycles. The van der Waals surface area contributed by atoms with E-state index in [2.05, 4.69) is 0 Å². The summed E-state index contributed by atoms with van der Waals surface area (Å²) in [7, 11) is 0.